The van der Waals surface area contributed by atoms with Crippen molar-refractivity contribution in [2.24, 2.45) is 11.3 Å². The third-order valence-electron chi connectivity index (χ3n) is 2.37. The van der Waals surface area contributed by atoms with Crippen molar-refractivity contribution in [2.75, 3.05) is 11.1 Å². The van der Waals surface area contributed by atoms with E-state index in [1.165, 1.54) is 0 Å². The molecule has 0 bridgehead atoms. The van der Waals surface area contributed by atoms with Crippen molar-refractivity contribution in [3.8, 4) is 0 Å². The molecular formula is C11H17BrN2S. The quantitative estimate of drug-likeness (QED) is 0.481. The van der Waals surface area contributed by atoms with Gasteiger partial charge in [0.05, 0.1) is 0 Å². The van der Waals surface area contributed by atoms with Gasteiger partial charge in [-0.3, -0.25) is 0 Å². The van der Waals surface area contributed by atoms with Crippen molar-refractivity contribution in [2.45, 2.75) is 25.9 Å². The Hall–Kier alpha value is -0.0900. The van der Waals surface area contributed by atoms with Crippen LogP contribution in [0.15, 0.2) is 23.6 Å². The molecule has 0 fully saturated rings. The Balaban J connectivity index is 2.49. The number of hydrogen-bond donors (Lipinski definition) is 0. The van der Waals surface area contributed by atoms with Gasteiger partial charge in [-0.25, -0.2) is 9.97 Å². The van der Waals surface area contributed by atoms with Crippen molar-refractivity contribution >= 4 is 27.7 Å². The second kappa shape index (κ2) is 5.85. The van der Waals surface area contributed by atoms with Crippen LogP contribution < -0.4 is 0 Å². The van der Waals surface area contributed by atoms with Gasteiger partial charge in [-0.2, -0.15) is 0 Å². The Morgan fingerprint density at radius 2 is 1.93 bits per heavy atom. The maximum atomic E-state index is 4.20. The molecule has 1 atom stereocenters. The molecule has 84 valence electrons. The highest BCUT2D eigenvalue weighted by Crippen LogP contribution is 2.31. The number of hydrogen-bond acceptors (Lipinski definition) is 3. The number of nitrogens with zero attached hydrogens (tertiary/aromatic N) is 2. The lowest BCUT2D eigenvalue weighted by atomic mass is 9.83. The lowest BCUT2D eigenvalue weighted by Gasteiger charge is -2.28. The summed E-state index contributed by atoms with van der Waals surface area (Å²) in [7, 11) is 0. The smallest absolute Gasteiger partial charge is 0.187 e. The first kappa shape index (κ1) is 13.0. The highest BCUT2D eigenvalue weighted by Gasteiger charge is 2.23. The lowest BCUT2D eigenvalue weighted by Crippen LogP contribution is -2.24. The van der Waals surface area contributed by atoms with E-state index in [0.29, 0.717) is 11.3 Å². The average molecular weight is 289 g/mol. The first-order valence-electron chi connectivity index (χ1n) is 5.00. The van der Waals surface area contributed by atoms with Crippen LogP contribution in [0, 0.1) is 11.3 Å². The van der Waals surface area contributed by atoms with Crippen LogP contribution >= 0.6 is 27.7 Å². The van der Waals surface area contributed by atoms with E-state index in [-0.39, 0.29) is 0 Å². The SMILES string of the molecule is CC(C)(C)C(CBr)CSc1ncccn1. The van der Waals surface area contributed by atoms with Gasteiger partial charge in [-0.1, -0.05) is 48.5 Å². The predicted octanol–water partition coefficient (Wildman–Crippen LogP) is 3.63. The molecule has 0 aliphatic heterocycles. The maximum Gasteiger partial charge on any atom is 0.187 e. The fourth-order valence-corrected chi connectivity index (χ4v) is 3.80. The molecule has 1 unspecified atom stereocenters. The molecule has 0 spiro atoms. The number of alkyl halides is 1. The van der Waals surface area contributed by atoms with Gasteiger partial charge in [0.2, 0.25) is 0 Å². The first-order valence-corrected chi connectivity index (χ1v) is 7.10. The summed E-state index contributed by atoms with van der Waals surface area (Å²) in [6, 6.07) is 1.84. The van der Waals surface area contributed by atoms with Crippen molar-refractivity contribution in [3.63, 3.8) is 0 Å². The Labute approximate surface area is 104 Å². The minimum Gasteiger partial charge on any atom is -0.231 e. The topological polar surface area (TPSA) is 25.8 Å². The monoisotopic (exact) mass is 288 g/mol. The van der Waals surface area contributed by atoms with Crippen LogP contribution in [-0.4, -0.2) is 21.1 Å². The molecule has 4 heteroatoms. The molecule has 0 saturated heterocycles. The van der Waals surface area contributed by atoms with Crippen molar-refractivity contribution in [1.29, 1.82) is 0 Å². The third kappa shape index (κ3) is 4.51. The predicted molar refractivity (Wildman–Crippen MR) is 69.5 cm³/mol. The summed E-state index contributed by atoms with van der Waals surface area (Å²) in [5, 5.41) is 1.89. The third-order valence-corrected chi connectivity index (χ3v) is 4.19. The fraction of sp³-hybridized carbons (Fsp3) is 0.636. The molecule has 2 nitrogen and oxygen atoms in total. The van der Waals surface area contributed by atoms with Crippen molar-refractivity contribution in [1.82, 2.24) is 9.97 Å². The van der Waals surface area contributed by atoms with Crippen LogP contribution in [0.5, 0.6) is 0 Å². The summed E-state index contributed by atoms with van der Waals surface area (Å²) in [5.41, 5.74) is 0.325. The number of rotatable bonds is 4. The molecule has 1 aromatic rings. The highest BCUT2D eigenvalue weighted by atomic mass is 79.9. The number of halogens is 1. The van der Waals surface area contributed by atoms with E-state index >= 15 is 0 Å². The molecule has 0 aromatic carbocycles. The van der Waals surface area contributed by atoms with Crippen molar-refractivity contribution in [3.05, 3.63) is 18.5 Å². The second-order valence-corrected chi connectivity index (χ2v) is 6.19. The molecule has 0 aliphatic rings. The molecule has 0 saturated carbocycles. The highest BCUT2D eigenvalue weighted by molar-refractivity contribution is 9.09. The van der Waals surface area contributed by atoms with E-state index in [1.54, 1.807) is 24.2 Å². The summed E-state index contributed by atoms with van der Waals surface area (Å²) in [6.07, 6.45) is 3.57. The molecule has 0 aliphatic carbocycles. The average Bonchev–Trinajstić information content (AvgIpc) is 2.18. The minimum atomic E-state index is 0.325. The minimum absolute atomic E-state index is 0.325. The fourth-order valence-electron chi connectivity index (χ4n) is 1.06. The van der Waals surface area contributed by atoms with Crippen LogP contribution in [-0.2, 0) is 0 Å². The summed E-state index contributed by atoms with van der Waals surface area (Å²) in [4.78, 5) is 8.41. The summed E-state index contributed by atoms with van der Waals surface area (Å²) >= 11 is 5.30. The van der Waals surface area contributed by atoms with Gasteiger partial charge in [0.25, 0.3) is 0 Å². The standard InChI is InChI=1S/C11H17BrN2S/c1-11(2,3)9(7-12)8-15-10-13-5-4-6-14-10/h4-6,9H,7-8H2,1-3H3. The van der Waals surface area contributed by atoms with Gasteiger partial charge < -0.3 is 0 Å². The molecule has 0 N–H and O–H groups in total. The van der Waals surface area contributed by atoms with Crippen molar-refractivity contribution < 1.29 is 0 Å². The summed E-state index contributed by atoms with van der Waals surface area (Å²) in [6.45, 7) is 6.81. The van der Waals surface area contributed by atoms with Gasteiger partial charge in [-0.05, 0) is 17.4 Å². The van der Waals surface area contributed by atoms with E-state index in [0.717, 1.165) is 16.2 Å². The van der Waals surface area contributed by atoms with Crippen LogP contribution in [0.4, 0.5) is 0 Å². The first-order chi connectivity index (χ1) is 7.04. The molecular weight excluding hydrogens is 272 g/mol. The number of aromatic nitrogens is 2. The Morgan fingerprint density at radius 1 is 1.33 bits per heavy atom. The van der Waals surface area contributed by atoms with E-state index in [2.05, 4.69) is 46.7 Å². The van der Waals surface area contributed by atoms with E-state index < -0.39 is 0 Å². The zero-order chi connectivity index (χ0) is 11.3. The second-order valence-electron chi connectivity index (χ2n) is 4.56. The van der Waals surface area contributed by atoms with Gasteiger partial charge in [0.15, 0.2) is 5.16 Å². The van der Waals surface area contributed by atoms with Crippen LogP contribution in [0.2, 0.25) is 0 Å². The van der Waals surface area contributed by atoms with E-state index in [4.69, 9.17) is 0 Å². The molecule has 0 radical (unpaired) electrons. The summed E-state index contributed by atoms with van der Waals surface area (Å²) in [5.74, 6) is 1.69. The van der Waals surface area contributed by atoms with Gasteiger partial charge in [0.1, 0.15) is 0 Å². The van der Waals surface area contributed by atoms with E-state index in [9.17, 15) is 0 Å². The maximum absolute atomic E-state index is 4.20. The Morgan fingerprint density at radius 3 is 2.40 bits per heavy atom. The van der Waals surface area contributed by atoms with E-state index in [1.807, 2.05) is 6.07 Å². The molecule has 1 heterocycles. The molecule has 1 aromatic heterocycles. The number of thioether (sulfide) groups is 1. The van der Waals surface area contributed by atoms with Gasteiger partial charge in [0, 0.05) is 23.5 Å². The summed E-state index contributed by atoms with van der Waals surface area (Å²) < 4.78 is 0. The Bertz CT molecular complexity index is 284. The van der Waals surface area contributed by atoms with Gasteiger partial charge in [-0.15, -0.1) is 0 Å². The normalized spacial score (nSPS) is 13.9. The largest absolute Gasteiger partial charge is 0.231 e. The van der Waals surface area contributed by atoms with Crippen LogP contribution in [0.3, 0.4) is 0 Å². The zero-order valence-electron chi connectivity index (χ0n) is 9.40. The van der Waals surface area contributed by atoms with Gasteiger partial charge >= 0.3 is 0 Å². The Kier molecular flexibility index (Phi) is 5.06. The lowest BCUT2D eigenvalue weighted by molar-refractivity contribution is 0.295. The zero-order valence-corrected chi connectivity index (χ0v) is 11.8. The molecule has 0 amide bonds. The molecule has 15 heavy (non-hydrogen) atoms. The molecule has 1 rings (SSSR count). The van der Waals surface area contributed by atoms with Crippen LogP contribution in [0.1, 0.15) is 20.8 Å². The van der Waals surface area contributed by atoms with Crippen LogP contribution in [0.25, 0.3) is 0 Å².